The number of aryl methyl sites for hydroxylation is 3. The average molecular weight is 289 g/mol. The molecule has 0 aromatic heterocycles. The molecule has 2 heteroatoms. The first-order valence-electron chi connectivity index (χ1n) is 8.46. The van der Waals surface area contributed by atoms with Crippen molar-refractivity contribution in [2.45, 2.75) is 77.9 Å². The van der Waals surface area contributed by atoms with Crippen LogP contribution in [-0.2, 0) is 6.42 Å². The minimum atomic E-state index is -0.505. The van der Waals surface area contributed by atoms with Crippen LogP contribution in [0.3, 0.4) is 0 Å². The highest BCUT2D eigenvalue weighted by molar-refractivity contribution is 5.38. The predicted molar refractivity (Wildman–Crippen MR) is 89.9 cm³/mol. The summed E-state index contributed by atoms with van der Waals surface area (Å²) in [6, 6.07) is 5.07. The maximum absolute atomic E-state index is 11.0. The first-order valence-corrected chi connectivity index (χ1v) is 8.46. The molecule has 2 N–H and O–H groups in total. The monoisotopic (exact) mass is 289 g/mol. The lowest BCUT2D eigenvalue weighted by Crippen LogP contribution is -2.43. The van der Waals surface area contributed by atoms with E-state index in [1.807, 2.05) is 0 Å². The topological polar surface area (TPSA) is 32.3 Å². The molecule has 0 radical (unpaired) electrons. The van der Waals surface area contributed by atoms with Gasteiger partial charge in [-0.1, -0.05) is 24.6 Å². The van der Waals surface area contributed by atoms with E-state index in [9.17, 15) is 5.11 Å². The SMILES string of the molecule is CCCNC1CCC(O)(Cc2c(C)cc(C)cc2C)CC1. The normalized spacial score (nSPS) is 26.0. The van der Waals surface area contributed by atoms with E-state index in [-0.39, 0.29) is 0 Å². The summed E-state index contributed by atoms with van der Waals surface area (Å²) in [5.41, 5.74) is 4.81. The van der Waals surface area contributed by atoms with E-state index in [0.29, 0.717) is 6.04 Å². The van der Waals surface area contributed by atoms with Crippen molar-refractivity contribution in [3.8, 4) is 0 Å². The van der Waals surface area contributed by atoms with Crippen LogP contribution >= 0.6 is 0 Å². The maximum Gasteiger partial charge on any atom is 0.0689 e. The van der Waals surface area contributed by atoms with Crippen molar-refractivity contribution in [3.05, 3.63) is 34.4 Å². The Labute approximate surface area is 130 Å². The molecule has 0 saturated heterocycles. The molecule has 1 saturated carbocycles. The van der Waals surface area contributed by atoms with Crippen LogP contribution in [0.4, 0.5) is 0 Å². The van der Waals surface area contributed by atoms with Crippen LogP contribution in [0.1, 0.15) is 61.3 Å². The standard InChI is InChI=1S/C19H31NO/c1-5-10-20-17-6-8-19(21,9-7-17)13-18-15(3)11-14(2)12-16(18)4/h11-12,17,20-21H,5-10,13H2,1-4H3. The van der Waals surface area contributed by atoms with Gasteiger partial charge in [-0.15, -0.1) is 0 Å². The highest BCUT2D eigenvalue weighted by atomic mass is 16.3. The lowest BCUT2D eigenvalue weighted by molar-refractivity contribution is -0.00331. The number of nitrogens with one attached hydrogen (secondary N) is 1. The average Bonchev–Trinajstić information content (AvgIpc) is 2.42. The molecule has 0 bridgehead atoms. The quantitative estimate of drug-likeness (QED) is 0.863. The van der Waals surface area contributed by atoms with Gasteiger partial charge in [-0.3, -0.25) is 0 Å². The van der Waals surface area contributed by atoms with Crippen LogP contribution in [0.25, 0.3) is 0 Å². The van der Waals surface area contributed by atoms with Crippen molar-refractivity contribution in [1.82, 2.24) is 5.32 Å². The number of hydrogen-bond donors (Lipinski definition) is 2. The van der Waals surface area contributed by atoms with E-state index in [2.05, 4.69) is 45.1 Å². The molecule has 1 aromatic carbocycles. The van der Waals surface area contributed by atoms with Crippen LogP contribution in [0.2, 0.25) is 0 Å². The highest BCUT2D eigenvalue weighted by Gasteiger charge is 2.33. The van der Waals surface area contributed by atoms with Crippen LogP contribution in [-0.4, -0.2) is 23.3 Å². The molecule has 118 valence electrons. The molecular weight excluding hydrogens is 258 g/mol. The lowest BCUT2D eigenvalue weighted by Gasteiger charge is -2.37. The lowest BCUT2D eigenvalue weighted by atomic mass is 9.77. The molecular formula is C19H31NO. The molecule has 0 heterocycles. The van der Waals surface area contributed by atoms with Gasteiger partial charge in [0.25, 0.3) is 0 Å². The van der Waals surface area contributed by atoms with Crippen molar-refractivity contribution in [3.63, 3.8) is 0 Å². The third-order valence-corrected chi connectivity index (χ3v) is 4.95. The van der Waals surface area contributed by atoms with Crippen molar-refractivity contribution >= 4 is 0 Å². The Bertz CT molecular complexity index is 449. The van der Waals surface area contributed by atoms with Crippen molar-refractivity contribution in [2.75, 3.05) is 6.54 Å². The molecule has 2 nitrogen and oxygen atoms in total. The van der Waals surface area contributed by atoms with E-state index in [1.165, 1.54) is 28.7 Å². The van der Waals surface area contributed by atoms with E-state index >= 15 is 0 Å². The summed E-state index contributed by atoms with van der Waals surface area (Å²) in [4.78, 5) is 0. The molecule has 1 aliphatic rings. The van der Waals surface area contributed by atoms with Crippen LogP contribution in [0.5, 0.6) is 0 Å². The minimum Gasteiger partial charge on any atom is -0.390 e. The maximum atomic E-state index is 11.0. The van der Waals surface area contributed by atoms with E-state index in [0.717, 1.165) is 38.6 Å². The Morgan fingerprint density at radius 3 is 2.24 bits per heavy atom. The number of benzene rings is 1. The summed E-state index contributed by atoms with van der Waals surface area (Å²) < 4.78 is 0. The Hall–Kier alpha value is -0.860. The van der Waals surface area contributed by atoms with Gasteiger partial charge in [-0.2, -0.15) is 0 Å². The Morgan fingerprint density at radius 1 is 1.14 bits per heavy atom. The summed E-state index contributed by atoms with van der Waals surface area (Å²) >= 11 is 0. The van der Waals surface area contributed by atoms with E-state index < -0.39 is 5.60 Å². The third kappa shape index (κ3) is 4.31. The molecule has 2 rings (SSSR count). The second kappa shape index (κ2) is 6.93. The van der Waals surface area contributed by atoms with Gasteiger partial charge < -0.3 is 10.4 Å². The van der Waals surface area contributed by atoms with Crippen LogP contribution in [0, 0.1) is 20.8 Å². The van der Waals surface area contributed by atoms with Gasteiger partial charge in [0.2, 0.25) is 0 Å². The van der Waals surface area contributed by atoms with Crippen molar-refractivity contribution in [1.29, 1.82) is 0 Å². The smallest absolute Gasteiger partial charge is 0.0689 e. The molecule has 21 heavy (non-hydrogen) atoms. The zero-order valence-corrected chi connectivity index (χ0v) is 14.1. The molecule has 0 amide bonds. The van der Waals surface area contributed by atoms with Crippen LogP contribution < -0.4 is 5.32 Å². The Kier molecular flexibility index (Phi) is 5.45. The number of rotatable bonds is 5. The predicted octanol–water partition coefficient (Wildman–Crippen LogP) is 3.83. The fourth-order valence-electron chi connectivity index (χ4n) is 3.70. The Morgan fingerprint density at radius 2 is 1.71 bits per heavy atom. The number of hydrogen-bond acceptors (Lipinski definition) is 2. The second-order valence-corrected chi connectivity index (χ2v) is 7.01. The molecule has 0 unspecified atom stereocenters. The van der Waals surface area contributed by atoms with Gasteiger partial charge in [0, 0.05) is 12.5 Å². The fourth-order valence-corrected chi connectivity index (χ4v) is 3.70. The van der Waals surface area contributed by atoms with Gasteiger partial charge in [0.1, 0.15) is 0 Å². The van der Waals surface area contributed by atoms with Gasteiger partial charge >= 0.3 is 0 Å². The van der Waals surface area contributed by atoms with E-state index in [4.69, 9.17) is 0 Å². The zero-order valence-electron chi connectivity index (χ0n) is 14.1. The summed E-state index contributed by atoms with van der Waals surface area (Å²) in [5.74, 6) is 0. The molecule has 1 aromatic rings. The summed E-state index contributed by atoms with van der Waals surface area (Å²) in [6.07, 6.45) is 6.02. The van der Waals surface area contributed by atoms with Crippen molar-refractivity contribution < 1.29 is 5.11 Å². The zero-order chi connectivity index (χ0) is 15.5. The number of aliphatic hydroxyl groups is 1. The van der Waals surface area contributed by atoms with Gasteiger partial charge in [-0.05, 0) is 76.1 Å². The summed E-state index contributed by atoms with van der Waals surface area (Å²) in [7, 11) is 0. The molecule has 0 aliphatic heterocycles. The first kappa shape index (κ1) is 16.5. The third-order valence-electron chi connectivity index (χ3n) is 4.95. The summed E-state index contributed by atoms with van der Waals surface area (Å²) in [5, 5.41) is 14.6. The van der Waals surface area contributed by atoms with E-state index in [1.54, 1.807) is 0 Å². The Balaban J connectivity index is 2.00. The fraction of sp³-hybridized carbons (Fsp3) is 0.684. The summed E-state index contributed by atoms with van der Waals surface area (Å²) in [6.45, 7) is 9.79. The molecule has 0 spiro atoms. The minimum absolute atomic E-state index is 0.505. The largest absolute Gasteiger partial charge is 0.390 e. The second-order valence-electron chi connectivity index (χ2n) is 7.01. The van der Waals surface area contributed by atoms with Gasteiger partial charge in [0.05, 0.1) is 5.60 Å². The van der Waals surface area contributed by atoms with Gasteiger partial charge in [0.15, 0.2) is 0 Å². The molecule has 1 fully saturated rings. The van der Waals surface area contributed by atoms with Gasteiger partial charge in [-0.25, -0.2) is 0 Å². The van der Waals surface area contributed by atoms with Crippen molar-refractivity contribution in [2.24, 2.45) is 0 Å². The molecule has 0 atom stereocenters. The first-order chi connectivity index (χ1) is 9.93. The van der Waals surface area contributed by atoms with Crippen LogP contribution in [0.15, 0.2) is 12.1 Å². The molecule has 1 aliphatic carbocycles. The highest BCUT2D eigenvalue weighted by Crippen LogP contribution is 2.33.